The van der Waals surface area contributed by atoms with Crippen LogP contribution in [0, 0.1) is 11.3 Å². The van der Waals surface area contributed by atoms with Crippen molar-refractivity contribution in [2.24, 2.45) is 11.7 Å². The van der Waals surface area contributed by atoms with Gasteiger partial charge in [-0.1, -0.05) is 0 Å². The minimum atomic E-state index is -0.201. The van der Waals surface area contributed by atoms with Gasteiger partial charge in [-0.15, -0.1) is 0 Å². The smallest absolute Gasteiger partial charge is 0.410 e. The summed E-state index contributed by atoms with van der Waals surface area (Å²) in [5.74, 6) is 0.619. The Morgan fingerprint density at radius 3 is 2.47 bits per heavy atom. The van der Waals surface area contributed by atoms with Crippen LogP contribution in [0.25, 0.3) is 0 Å². The topological polar surface area (TPSA) is 115 Å². The first-order chi connectivity index (χ1) is 14.4. The second-order valence-electron chi connectivity index (χ2n) is 8.56. The molecular weight excluding hydrogens is 388 g/mol. The molecule has 30 heavy (non-hydrogen) atoms. The van der Waals surface area contributed by atoms with Gasteiger partial charge in [0.1, 0.15) is 6.10 Å². The van der Waals surface area contributed by atoms with Crippen LogP contribution in [0.2, 0.25) is 0 Å². The maximum absolute atomic E-state index is 12.2. The van der Waals surface area contributed by atoms with E-state index < -0.39 is 0 Å². The molecule has 0 aliphatic carbocycles. The summed E-state index contributed by atoms with van der Waals surface area (Å²) in [4.78, 5) is 31.8. The van der Waals surface area contributed by atoms with Gasteiger partial charge in [0.25, 0.3) is 0 Å². The van der Waals surface area contributed by atoms with Gasteiger partial charge in [0, 0.05) is 52.4 Å². The Kier molecular flexibility index (Phi) is 8.15. The molecule has 3 heterocycles. The highest BCUT2D eigenvalue weighted by atomic mass is 16.6. The molecular formula is C20H36N6O4. The molecule has 0 radical (unpaired) electrons. The van der Waals surface area contributed by atoms with E-state index in [1.807, 2.05) is 9.80 Å². The second kappa shape index (κ2) is 10.8. The van der Waals surface area contributed by atoms with E-state index >= 15 is 0 Å². The van der Waals surface area contributed by atoms with E-state index in [4.69, 9.17) is 20.6 Å². The number of nitrogens with one attached hydrogen (secondary N) is 1. The zero-order valence-corrected chi connectivity index (χ0v) is 18.1. The molecule has 3 N–H and O–H groups in total. The number of piperidine rings is 1. The molecule has 0 spiro atoms. The monoisotopic (exact) mass is 424 g/mol. The molecule has 1 amide bonds. The van der Waals surface area contributed by atoms with Crippen molar-refractivity contribution >= 4 is 18.0 Å². The molecule has 3 aliphatic heterocycles. The van der Waals surface area contributed by atoms with Crippen LogP contribution < -0.4 is 5.73 Å². The summed E-state index contributed by atoms with van der Waals surface area (Å²) < 4.78 is 10.3. The Balaban J connectivity index is 1.30. The molecule has 0 aromatic heterocycles. The predicted octanol–water partition coefficient (Wildman–Crippen LogP) is -0.0165. The summed E-state index contributed by atoms with van der Waals surface area (Å²) in [6.07, 6.45) is 3.93. The number of likely N-dealkylation sites (tertiary alicyclic amines) is 1. The molecule has 3 fully saturated rings. The predicted molar refractivity (Wildman–Crippen MR) is 112 cm³/mol. The van der Waals surface area contributed by atoms with Crippen molar-refractivity contribution in [1.29, 1.82) is 5.41 Å². The van der Waals surface area contributed by atoms with Crippen LogP contribution >= 0.6 is 0 Å². The molecule has 0 aromatic carbocycles. The van der Waals surface area contributed by atoms with Crippen LogP contribution in [0.15, 0.2) is 0 Å². The summed E-state index contributed by atoms with van der Waals surface area (Å²) >= 11 is 0. The van der Waals surface area contributed by atoms with Gasteiger partial charge < -0.3 is 25.0 Å². The fraction of sp³-hybridized carbons (Fsp3) is 0.850. The van der Waals surface area contributed by atoms with Gasteiger partial charge in [-0.3, -0.25) is 20.0 Å². The van der Waals surface area contributed by atoms with Crippen LogP contribution in [-0.2, 0) is 14.3 Å². The number of guanidine groups is 1. The van der Waals surface area contributed by atoms with E-state index in [1.54, 1.807) is 0 Å². The number of rotatable bonds is 8. The van der Waals surface area contributed by atoms with Crippen LogP contribution in [0.1, 0.15) is 25.7 Å². The van der Waals surface area contributed by atoms with Gasteiger partial charge in [-0.2, -0.15) is 0 Å². The van der Waals surface area contributed by atoms with E-state index in [0.717, 1.165) is 78.0 Å². The molecule has 0 saturated carbocycles. The number of nitrogens with two attached hydrogens (primary N) is 1. The van der Waals surface area contributed by atoms with Crippen LogP contribution in [0.3, 0.4) is 0 Å². The third-order valence-electron chi connectivity index (χ3n) is 6.45. The third kappa shape index (κ3) is 6.46. The molecule has 3 saturated heterocycles. The summed E-state index contributed by atoms with van der Waals surface area (Å²) in [6.45, 7) is 7.58. The van der Waals surface area contributed by atoms with Crippen LogP contribution in [0.4, 0.5) is 4.79 Å². The molecule has 10 heteroatoms. The van der Waals surface area contributed by atoms with E-state index in [1.165, 1.54) is 7.11 Å². The summed E-state index contributed by atoms with van der Waals surface area (Å²) in [5, 5.41) is 7.51. The average molecular weight is 425 g/mol. The van der Waals surface area contributed by atoms with Gasteiger partial charge in [0.05, 0.1) is 20.2 Å². The highest BCUT2D eigenvalue weighted by Crippen LogP contribution is 2.22. The first kappa shape index (κ1) is 22.6. The van der Waals surface area contributed by atoms with Gasteiger partial charge >= 0.3 is 12.1 Å². The molecule has 0 aromatic rings. The SMILES string of the molecule is COC(=O)CN1CCN(CC2CN(CCCC3CCN(C(=N)N)CC3)C(=O)O2)CC1. The molecule has 3 rings (SSSR count). The third-order valence-corrected chi connectivity index (χ3v) is 6.45. The largest absolute Gasteiger partial charge is 0.468 e. The zero-order valence-electron chi connectivity index (χ0n) is 18.1. The highest BCUT2D eigenvalue weighted by molar-refractivity contribution is 5.74. The average Bonchev–Trinajstić information content (AvgIpc) is 3.08. The molecule has 1 atom stereocenters. The van der Waals surface area contributed by atoms with Crippen molar-refractivity contribution in [3.05, 3.63) is 0 Å². The van der Waals surface area contributed by atoms with Crippen molar-refractivity contribution in [3.63, 3.8) is 0 Å². The van der Waals surface area contributed by atoms with Crippen LogP contribution in [0.5, 0.6) is 0 Å². The summed E-state index contributed by atoms with van der Waals surface area (Å²) in [6, 6.07) is 0. The van der Waals surface area contributed by atoms with Gasteiger partial charge in [-0.05, 0) is 31.6 Å². The van der Waals surface area contributed by atoms with Gasteiger partial charge in [0.15, 0.2) is 5.96 Å². The van der Waals surface area contributed by atoms with Crippen molar-refractivity contribution in [2.75, 3.05) is 72.6 Å². The molecule has 170 valence electrons. The molecule has 10 nitrogen and oxygen atoms in total. The number of cyclic esters (lactones) is 1. The minimum absolute atomic E-state index is 0.0801. The Morgan fingerprint density at radius 1 is 1.17 bits per heavy atom. The number of carbonyl (C=O) groups is 2. The quantitative estimate of drug-likeness (QED) is 0.317. The second-order valence-corrected chi connectivity index (χ2v) is 8.56. The number of carbonyl (C=O) groups excluding carboxylic acids is 2. The highest BCUT2D eigenvalue weighted by Gasteiger charge is 2.33. The fourth-order valence-corrected chi connectivity index (χ4v) is 4.55. The van der Waals surface area contributed by atoms with Gasteiger partial charge in [-0.25, -0.2) is 4.79 Å². The van der Waals surface area contributed by atoms with Crippen LogP contribution in [-0.4, -0.2) is 116 Å². The zero-order chi connectivity index (χ0) is 21.5. The first-order valence-electron chi connectivity index (χ1n) is 11.0. The maximum Gasteiger partial charge on any atom is 0.410 e. The standard InChI is InChI=1S/C20H36N6O4/c1-29-18(27)15-24-11-9-23(10-12-24)13-17-14-26(20(28)30-17)6-2-3-16-4-7-25(8-5-16)19(21)22/h16-17H,2-15H2,1H3,(H3,21,22). The number of amides is 1. The van der Waals surface area contributed by atoms with Crippen molar-refractivity contribution in [1.82, 2.24) is 19.6 Å². The summed E-state index contributed by atoms with van der Waals surface area (Å²) in [7, 11) is 1.41. The Hall–Kier alpha value is -2.07. The Bertz CT molecular complexity index is 602. The normalized spacial score (nSPS) is 24.2. The number of ether oxygens (including phenoxy) is 2. The lowest BCUT2D eigenvalue weighted by molar-refractivity contribution is -0.142. The lowest BCUT2D eigenvalue weighted by Gasteiger charge is -2.34. The van der Waals surface area contributed by atoms with E-state index in [0.29, 0.717) is 19.0 Å². The maximum atomic E-state index is 12.2. The lowest BCUT2D eigenvalue weighted by Crippen LogP contribution is -2.50. The lowest BCUT2D eigenvalue weighted by atomic mass is 9.92. The molecule has 1 unspecified atom stereocenters. The number of methoxy groups -OCH3 is 1. The van der Waals surface area contributed by atoms with E-state index in [9.17, 15) is 9.59 Å². The fourth-order valence-electron chi connectivity index (χ4n) is 4.55. The Morgan fingerprint density at radius 2 is 1.83 bits per heavy atom. The minimum Gasteiger partial charge on any atom is -0.468 e. The van der Waals surface area contributed by atoms with Crippen molar-refractivity contribution < 1.29 is 19.1 Å². The number of hydrogen-bond donors (Lipinski definition) is 2. The molecule has 0 bridgehead atoms. The molecule has 3 aliphatic rings. The Labute approximate surface area is 178 Å². The first-order valence-corrected chi connectivity index (χ1v) is 11.0. The summed E-state index contributed by atoms with van der Waals surface area (Å²) in [5.41, 5.74) is 5.55. The van der Waals surface area contributed by atoms with E-state index in [-0.39, 0.29) is 24.1 Å². The van der Waals surface area contributed by atoms with Crippen molar-refractivity contribution in [2.45, 2.75) is 31.8 Å². The van der Waals surface area contributed by atoms with Gasteiger partial charge in [0.2, 0.25) is 0 Å². The number of nitrogens with zero attached hydrogens (tertiary/aromatic N) is 4. The van der Waals surface area contributed by atoms with E-state index in [2.05, 4.69) is 9.80 Å². The van der Waals surface area contributed by atoms with Crippen molar-refractivity contribution in [3.8, 4) is 0 Å². The number of hydrogen-bond acceptors (Lipinski definition) is 7. The number of piperazine rings is 1. The number of esters is 1.